The quantitative estimate of drug-likeness (QED) is 0.619. The molecular weight excluding hydrogens is 234 g/mol. The van der Waals surface area contributed by atoms with Gasteiger partial charge in [0.2, 0.25) is 5.89 Å². The third-order valence-electron chi connectivity index (χ3n) is 3.61. The molecule has 0 fully saturated rings. The van der Waals surface area contributed by atoms with Crippen LogP contribution in [-0.4, -0.2) is 4.98 Å². The van der Waals surface area contributed by atoms with Crippen LogP contribution in [-0.2, 0) is 0 Å². The van der Waals surface area contributed by atoms with E-state index in [1.807, 2.05) is 36.6 Å². The molecule has 0 aliphatic heterocycles. The summed E-state index contributed by atoms with van der Waals surface area (Å²) in [6.45, 7) is 4.47. The summed E-state index contributed by atoms with van der Waals surface area (Å²) in [6.07, 6.45) is 8.03. The first-order valence-electron chi connectivity index (χ1n) is 7.36. The lowest BCUT2D eigenvalue weighted by Crippen LogP contribution is -1.98. The summed E-state index contributed by atoms with van der Waals surface area (Å²) in [5.41, 5.74) is 2.16. The molecule has 0 aliphatic carbocycles. The molecule has 1 aromatic heterocycles. The smallest absolute Gasteiger partial charge is 0.226 e. The maximum Gasteiger partial charge on any atom is 0.226 e. The number of benzene rings is 1. The lowest BCUT2D eigenvalue weighted by molar-refractivity contribution is 0.533. The molecule has 0 spiro atoms. The van der Waals surface area contributed by atoms with Crippen LogP contribution in [0.4, 0.5) is 0 Å². The number of rotatable bonds is 7. The lowest BCUT2D eigenvalue weighted by atomic mass is 9.96. The first kappa shape index (κ1) is 13.9. The third-order valence-corrected chi connectivity index (χ3v) is 3.61. The summed E-state index contributed by atoms with van der Waals surface area (Å²) >= 11 is 0. The number of unbranched alkanes of at least 4 members (excludes halogenated alkanes) is 2. The molecule has 0 saturated carbocycles. The Labute approximate surface area is 115 Å². The van der Waals surface area contributed by atoms with Crippen molar-refractivity contribution in [1.29, 1.82) is 0 Å². The number of hydrogen-bond donors (Lipinski definition) is 0. The van der Waals surface area contributed by atoms with Crippen molar-refractivity contribution < 1.29 is 4.42 Å². The van der Waals surface area contributed by atoms with Crippen molar-refractivity contribution in [2.24, 2.45) is 0 Å². The average molecular weight is 257 g/mol. The van der Waals surface area contributed by atoms with E-state index in [-0.39, 0.29) is 0 Å². The highest BCUT2D eigenvalue weighted by atomic mass is 16.3. The van der Waals surface area contributed by atoms with Crippen molar-refractivity contribution >= 4 is 0 Å². The molecule has 1 atom stereocenters. The Bertz CT molecular complexity index is 475. The van der Waals surface area contributed by atoms with E-state index < -0.39 is 0 Å². The predicted molar refractivity (Wildman–Crippen MR) is 79.1 cm³/mol. The molecule has 2 nitrogen and oxygen atoms in total. The third kappa shape index (κ3) is 3.69. The van der Waals surface area contributed by atoms with Gasteiger partial charge < -0.3 is 4.42 Å². The Morgan fingerprint density at radius 3 is 2.58 bits per heavy atom. The van der Waals surface area contributed by atoms with Gasteiger partial charge in [-0.2, -0.15) is 0 Å². The fourth-order valence-electron chi connectivity index (χ4n) is 2.39. The van der Waals surface area contributed by atoms with Gasteiger partial charge in [-0.1, -0.05) is 51.3 Å². The molecule has 0 saturated heterocycles. The van der Waals surface area contributed by atoms with Crippen LogP contribution in [0.5, 0.6) is 0 Å². The van der Waals surface area contributed by atoms with E-state index in [1.54, 1.807) is 0 Å². The van der Waals surface area contributed by atoms with Crippen LogP contribution in [0, 0.1) is 0 Å². The minimum absolute atomic E-state index is 0.535. The molecule has 0 bridgehead atoms. The van der Waals surface area contributed by atoms with Gasteiger partial charge in [0.25, 0.3) is 0 Å². The zero-order valence-corrected chi connectivity index (χ0v) is 11.9. The standard InChI is InChI=1S/C17H23NO/c1-3-5-7-10-14(4-2)16-13-19-17(18-16)15-11-8-6-9-12-15/h6,8-9,11-14H,3-5,7,10H2,1-2H3. The summed E-state index contributed by atoms with van der Waals surface area (Å²) in [7, 11) is 0. The second-order valence-corrected chi connectivity index (χ2v) is 5.04. The zero-order chi connectivity index (χ0) is 13.5. The number of hydrogen-bond acceptors (Lipinski definition) is 2. The van der Waals surface area contributed by atoms with Gasteiger partial charge in [0.05, 0.1) is 5.69 Å². The molecule has 1 aromatic carbocycles. The molecule has 0 N–H and O–H groups in total. The minimum Gasteiger partial charge on any atom is -0.444 e. The molecule has 2 rings (SSSR count). The molecular formula is C17H23NO. The predicted octanol–water partition coefficient (Wildman–Crippen LogP) is 5.42. The van der Waals surface area contributed by atoms with Gasteiger partial charge in [0.15, 0.2) is 0 Å². The second-order valence-electron chi connectivity index (χ2n) is 5.04. The van der Waals surface area contributed by atoms with Crippen LogP contribution in [0.2, 0.25) is 0 Å². The SMILES string of the molecule is CCCCCC(CC)c1coc(-c2ccccc2)n1. The fraction of sp³-hybridized carbons (Fsp3) is 0.471. The van der Waals surface area contributed by atoms with Gasteiger partial charge in [-0.25, -0.2) is 4.98 Å². The Hall–Kier alpha value is -1.57. The van der Waals surface area contributed by atoms with Crippen LogP contribution in [0.15, 0.2) is 41.0 Å². The van der Waals surface area contributed by atoms with E-state index in [0.29, 0.717) is 5.92 Å². The number of aromatic nitrogens is 1. The van der Waals surface area contributed by atoms with E-state index in [2.05, 4.69) is 18.8 Å². The van der Waals surface area contributed by atoms with Gasteiger partial charge >= 0.3 is 0 Å². The van der Waals surface area contributed by atoms with Crippen molar-refractivity contribution in [3.8, 4) is 11.5 Å². The molecule has 0 aliphatic rings. The highest BCUT2D eigenvalue weighted by Crippen LogP contribution is 2.28. The first-order valence-corrected chi connectivity index (χ1v) is 7.36. The first-order chi connectivity index (χ1) is 9.35. The van der Waals surface area contributed by atoms with Gasteiger partial charge in [-0.05, 0) is 25.0 Å². The largest absolute Gasteiger partial charge is 0.444 e. The lowest BCUT2D eigenvalue weighted by Gasteiger charge is -2.10. The molecule has 1 unspecified atom stereocenters. The fourth-order valence-corrected chi connectivity index (χ4v) is 2.39. The minimum atomic E-state index is 0.535. The summed E-state index contributed by atoms with van der Waals surface area (Å²) < 4.78 is 5.63. The van der Waals surface area contributed by atoms with E-state index >= 15 is 0 Å². The van der Waals surface area contributed by atoms with E-state index in [4.69, 9.17) is 4.42 Å². The van der Waals surface area contributed by atoms with Crippen LogP contribution in [0.1, 0.15) is 57.6 Å². The van der Waals surface area contributed by atoms with Gasteiger partial charge in [0, 0.05) is 11.5 Å². The Morgan fingerprint density at radius 2 is 1.89 bits per heavy atom. The van der Waals surface area contributed by atoms with Crippen LogP contribution < -0.4 is 0 Å². The van der Waals surface area contributed by atoms with Crippen LogP contribution >= 0.6 is 0 Å². The molecule has 2 heteroatoms. The highest BCUT2D eigenvalue weighted by molar-refractivity contribution is 5.52. The van der Waals surface area contributed by atoms with Crippen molar-refractivity contribution in [2.75, 3.05) is 0 Å². The normalized spacial score (nSPS) is 12.5. The number of oxazole rings is 1. The monoisotopic (exact) mass is 257 g/mol. The summed E-state index contributed by atoms with van der Waals surface area (Å²) in [5.74, 6) is 1.28. The topological polar surface area (TPSA) is 26.0 Å². The van der Waals surface area contributed by atoms with Crippen molar-refractivity contribution in [3.63, 3.8) is 0 Å². The second kappa shape index (κ2) is 7.13. The van der Waals surface area contributed by atoms with Crippen molar-refractivity contribution in [1.82, 2.24) is 4.98 Å². The average Bonchev–Trinajstić information content (AvgIpc) is 2.94. The molecule has 19 heavy (non-hydrogen) atoms. The van der Waals surface area contributed by atoms with Crippen LogP contribution in [0.25, 0.3) is 11.5 Å². The molecule has 0 radical (unpaired) electrons. The summed E-state index contributed by atoms with van der Waals surface area (Å²) in [6, 6.07) is 10.1. The molecule has 0 amide bonds. The molecule has 102 valence electrons. The maximum absolute atomic E-state index is 5.63. The Morgan fingerprint density at radius 1 is 1.11 bits per heavy atom. The maximum atomic E-state index is 5.63. The van der Waals surface area contributed by atoms with Gasteiger partial charge in [-0.3, -0.25) is 0 Å². The van der Waals surface area contributed by atoms with E-state index in [1.165, 1.54) is 25.7 Å². The van der Waals surface area contributed by atoms with Crippen LogP contribution in [0.3, 0.4) is 0 Å². The highest BCUT2D eigenvalue weighted by Gasteiger charge is 2.14. The Balaban J connectivity index is 2.06. The van der Waals surface area contributed by atoms with Gasteiger partial charge in [0.1, 0.15) is 6.26 Å². The van der Waals surface area contributed by atoms with E-state index in [0.717, 1.165) is 23.6 Å². The molecule has 2 aromatic rings. The van der Waals surface area contributed by atoms with E-state index in [9.17, 15) is 0 Å². The summed E-state index contributed by atoms with van der Waals surface area (Å²) in [5, 5.41) is 0. The zero-order valence-electron chi connectivity index (χ0n) is 11.9. The van der Waals surface area contributed by atoms with Gasteiger partial charge in [-0.15, -0.1) is 0 Å². The summed E-state index contributed by atoms with van der Waals surface area (Å²) in [4.78, 5) is 4.66. The molecule has 1 heterocycles. The van der Waals surface area contributed by atoms with Crippen molar-refractivity contribution in [2.45, 2.75) is 51.9 Å². The van der Waals surface area contributed by atoms with Crippen molar-refractivity contribution in [3.05, 3.63) is 42.3 Å². The Kier molecular flexibility index (Phi) is 5.20. The number of nitrogens with zero attached hydrogens (tertiary/aromatic N) is 1.